The molecule has 0 aliphatic heterocycles. The summed E-state index contributed by atoms with van der Waals surface area (Å²) in [4.78, 5) is 13.0. The van der Waals surface area contributed by atoms with Crippen LogP contribution in [0.1, 0.15) is 23.4 Å². The van der Waals surface area contributed by atoms with Gasteiger partial charge < -0.3 is 5.32 Å². The third kappa shape index (κ3) is 5.19. The van der Waals surface area contributed by atoms with Crippen molar-refractivity contribution >= 4 is 0 Å². The lowest BCUT2D eigenvalue weighted by Crippen LogP contribution is -2.19. The Balaban J connectivity index is 1.40. The second kappa shape index (κ2) is 8.48. The van der Waals surface area contributed by atoms with E-state index in [0.717, 1.165) is 49.3 Å². The molecule has 2 aromatic heterocycles. The molecule has 2 heterocycles. The van der Waals surface area contributed by atoms with Crippen molar-refractivity contribution in [1.82, 2.24) is 24.8 Å². The number of rotatable bonds is 8. The maximum absolute atomic E-state index is 13.1. The summed E-state index contributed by atoms with van der Waals surface area (Å²) in [5.74, 6) is 0.474. The molecule has 130 valence electrons. The first-order valence-electron chi connectivity index (χ1n) is 8.49. The van der Waals surface area contributed by atoms with Crippen LogP contribution in [0.2, 0.25) is 0 Å². The summed E-state index contributed by atoms with van der Waals surface area (Å²) >= 11 is 0. The normalized spacial score (nSPS) is 11.0. The lowest BCUT2D eigenvalue weighted by Gasteiger charge is -2.06. The quantitative estimate of drug-likeness (QED) is 0.641. The van der Waals surface area contributed by atoms with Gasteiger partial charge in [-0.15, -0.1) is 0 Å². The molecule has 3 rings (SSSR count). The zero-order valence-corrected chi connectivity index (χ0v) is 14.3. The summed E-state index contributed by atoms with van der Waals surface area (Å²) in [6.07, 6.45) is 8.10. The van der Waals surface area contributed by atoms with Crippen molar-refractivity contribution in [2.24, 2.45) is 0 Å². The Morgan fingerprint density at radius 1 is 1.12 bits per heavy atom. The van der Waals surface area contributed by atoms with E-state index >= 15 is 0 Å². The molecule has 0 saturated carbocycles. The average molecular weight is 339 g/mol. The van der Waals surface area contributed by atoms with E-state index < -0.39 is 0 Å². The van der Waals surface area contributed by atoms with Crippen LogP contribution >= 0.6 is 0 Å². The Hall–Kier alpha value is -2.60. The van der Waals surface area contributed by atoms with E-state index in [9.17, 15) is 4.39 Å². The van der Waals surface area contributed by atoms with Crippen LogP contribution in [0.4, 0.5) is 4.39 Å². The summed E-state index contributed by atoms with van der Waals surface area (Å²) in [7, 11) is 0. The van der Waals surface area contributed by atoms with E-state index in [1.807, 2.05) is 29.8 Å². The minimum Gasteiger partial charge on any atom is -0.316 e. The molecule has 25 heavy (non-hydrogen) atoms. The van der Waals surface area contributed by atoms with E-state index in [2.05, 4.69) is 20.3 Å². The number of hydrogen-bond donors (Lipinski definition) is 1. The van der Waals surface area contributed by atoms with Crippen molar-refractivity contribution in [3.8, 4) is 5.95 Å². The fourth-order valence-electron chi connectivity index (χ4n) is 2.63. The molecule has 0 fully saturated rings. The predicted octanol–water partition coefficient (Wildman–Crippen LogP) is 2.87. The monoisotopic (exact) mass is 339 g/mol. The predicted molar refractivity (Wildman–Crippen MR) is 95.2 cm³/mol. The molecule has 0 aliphatic rings. The van der Waals surface area contributed by atoms with Crippen LogP contribution in [0.25, 0.3) is 5.95 Å². The van der Waals surface area contributed by atoms with Gasteiger partial charge in [0.15, 0.2) is 0 Å². The highest BCUT2D eigenvalue weighted by Gasteiger charge is 2.03. The topological polar surface area (TPSA) is 55.6 Å². The maximum atomic E-state index is 13.1. The highest BCUT2D eigenvalue weighted by molar-refractivity contribution is 5.17. The van der Waals surface area contributed by atoms with Gasteiger partial charge in [-0.2, -0.15) is 0 Å². The number of benzene rings is 1. The lowest BCUT2D eigenvalue weighted by molar-refractivity contribution is 0.619. The minimum absolute atomic E-state index is 0.168. The van der Waals surface area contributed by atoms with Crippen molar-refractivity contribution in [3.05, 3.63) is 71.8 Å². The summed E-state index contributed by atoms with van der Waals surface area (Å²) in [5.41, 5.74) is 2.97. The molecule has 3 aromatic rings. The number of imidazole rings is 1. The molecule has 0 atom stereocenters. The van der Waals surface area contributed by atoms with Gasteiger partial charge >= 0.3 is 0 Å². The summed E-state index contributed by atoms with van der Waals surface area (Å²) in [6.45, 7) is 3.69. The second-order valence-corrected chi connectivity index (χ2v) is 6.00. The third-order valence-corrected chi connectivity index (χ3v) is 3.91. The SMILES string of the molecule is Cc1cn(-c2nccc(CCNCCCc3cccc(F)c3)n2)cn1. The van der Waals surface area contributed by atoms with Gasteiger partial charge in [-0.05, 0) is 50.1 Å². The number of halogens is 1. The molecule has 0 amide bonds. The molecule has 0 aliphatic carbocycles. The number of nitrogens with one attached hydrogen (secondary N) is 1. The average Bonchev–Trinajstić information content (AvgIpc) is 3.05. The Morgan fingerprint density at radius 3 is 2.84 bits per heavy atom. The van der Waals surface area contributed by atoms with Crippen molar-refractivity contribution in [1.29, 1.82) is 0 Å². The van der Waals surface area contributed by atoms with Crippen molar-refractivity contribution < 1.29 is 4.39 Å². The van der Waals surface area contributed by atoms with E-state index in [0.29, 0.717) is 5.95 Å². The molecule has 1 N–H and O–H groups in total. The van der Waals surface area contributed by atoms with Crippen LogP contribution in [0.5, 0.6) is 0 Å². The Bertz CT molecular complexity index is 815. The van der Waals surface area contributed by atoms with Crippen LogP contribution < -0.4 is 5.32 Å². The highest BCUT2D eigenvalue weighted by Crippen LogP contribution is 2.06. The van der Waals surface area contributed by atoms with E-state index in [4.69, 9.17) is 0 Å². The molecule has 6 heteroatoms. The smallest absolute Gasteiger partial charge is 0.235 e. The molecule has 0 radical (unpaired) electrons. The van der Waals surface area contributed by atoms with Crippen LogP contribution in [0.15, 0.2) is 49.1 Å². The first kappa shape index (κ1) is 17.2. The fourth-order valence-corrected chi connectivity index (χ4v) is 2.63. The highest BCUT2D eigenvalue weighted by atomic mass is 19.1. The van der Waals surface area contributed by atoms with Crippen LogP contribution in [0, 0.1) is 12.7 Å². The summed E-state index contributed by atoms with van der Waals surface area (Å²) < 4.78 is 14.9. The number of aromatic nitrogens is 4. The summed E-state index contributed by atoms with van der Waals surface area (Å²) in [5, 5.41) is 3.41. The van der Waals surface area contributed by atoms with Crippen molar-refractivity contribution in [2.75, 3.05) is 13.1 Å². The molecule has 0 unspecified atom stereocenters. The van der Waals surface area contributed by atoms with Crippen molar-refractivity contribution in [2.45, 2.75) is 26.2 Å². The van der Waals surface area contributed by atoms with Gasteiger partial charge in [-0.1, -0.05) is 12.1 Å². The molecular formula is C19H22FN5. The zero-order chi connectivity index (χ0) is 17.5. The van der Waals surface area contributed by atoms with Crippen LogP contribution in [0.3, 0.4) is 0 Å². The van der Waals surface area contributed by atoms with Gasteiger partial charge in [0.25, 0.3) is 0 Å². The number of aryl methyl sites for hydroxylation is 2. The molecule has 0 bridgehead atoms. The van der Waals surface area contributed by atoms with Gasteiger partial charge in [0, 0.05) is 31.1 Å². The minimum atomic E-state index is -0.168. The van der Waals surface area contributed by atoms with Gasteiger partial charge in [-0.25, -0.2) is 19.3 Å². The first-order valence-corrected chi connectivity index (χ1v) is 8.49. The molecule has 0 saturated heterocycles. The largest absolute Gasteiger partial charge is 0.316 e. The first-order chi connectivity index (χ1) is 12.2. The fraction of sp³-hybridized carbons (Fsp3) is 0.316. The van der Waals surface area contributed by atoms with Gasteiger partial charge in [0.05, 0.1) is 5.69 Å². The lowest BCUT2D eigenvalue weighted by atomic mass is 10.1. The van der Waals surface area contributed by atoms with Crippen LogP contribution in [-0.2, 0) is 12.8 Å². The van der Waals surface area contributed by atoms with Gasteiger partial charge in [0.2, 0.25) is 5.95 Å². The Kier molecular flexibility index (Phi) is 5.85. The van der Waals surface area contributed by atoms with Gasteiger partial charge in [0.1, 0.15) is 12.1 Å². The Labute approximate surface area is 147 Å². The maximum Gasteiger partial charge on any atom is 0.235 e. The van der Waals surface area contributed by atoms with E-state index in [1.54, 1.807) is 24.7 Å². The Morgan fingerprint density at radius 2 is 2.04 bits per heavy atom. The molecule has 1 aromatic carbocycles. The van der Waals surface area contributed by atoms with Gasteiger partial charge in [-0.3, -0.25) is 4.57 Å². The second-order valence-electron chi connectivity index (χ2n) is 6.00. The standard InChI is InChI=1S/C19H22FN5/c1-15-13-25(14-23-15)19-22-11-8-18(24-19)7-10-21-9-3-5-16-4-2-6-17(20)12-16/h2,4,6,8,11-14,21H,3,5,7,9-10H2,1H3. The number of hydrogen-bond acceptors (Lipinski definition) is 4. The van der Waals surface area contributed by atoms with E-state index in [-0.39, 0.29) is 5.82 Å². The van der Waals surface area contributed by atoms with Crippen LogP contribution in [-0.4, -0.2) is 32.6 Å². The number of nitrogens with zero attached hydrogens (tertiary/aromatic N) is 4. The zero-order valence-electron chi connectivity index (χ0n) is 14.3. The molecular weight excluding hydrogens is 317 g/mol. The van der Waals surface area contributed by atoms with E-state index in [1.165, 1.54) is 6.07 Å². The molecule has 5 nitrogen and oxygen atoms in total. The summed E-state index contributed by atoms with van der Waals surface area (Å²) in [6, 6.07) is 8.72. The van der Waals surface area contributed by atoms with Crippen molar-refractivity contribution in [3.63, 3.8) is 0 Å². The molecule has 0 spiro atoms. The third-order valence-electron chi connectivity index (χ3n) is 3.91.